The number of anilines is 1. The molecule has 3 aromatic rings. The van der Waals surface area contributed by atoms with Crippen LogP contribution < -0.4 is 5.32 Å². The van der Waals surface area contributed by atoms with Crippen LogP contribution in [0.1, 0.15) is 12.5 Å². The normalized spacial score (nSPS) is 11.2. The van der Waals surface area contributed by atoms with Crippen molar-refractivity contribution >= 4 is 49.7 Å². The van der Waals surface area contributed by atoms with Crippen LogP contribution in [0.4, 0.5) is 10.8 Å². The van der Waals surface area contributed by atoms with E-state index in [1.165, 1.54) is 12.1 Å². The maximum Gasteiger partial charge on any atom is 0.269 e. The summed E-state index contributed by atoms with van der Waals surface area (Å²) in [7, 11) is -3.89. The van der Waals surface area contributed by atoms with Gasteiger partial charge in [-0.1, -0.05) is 30.4 Å². The quantitative estimate of drug-likeness (QED) is 0.302. The number of thiazole rings is 1. The van der Waals surface area contributed by atoms with Crippen molar-refractivity contribution in [2.75, 3.05) is 11.1 Å². The number of rotatable bonds is 8. The number of thioether (sulfide) groups is 1. The van der Waals surface area contributed by atoms with Crippen molar-refractivity contribution in [2.24, 2.45) is 0 Å². The molecule has 0 radical (unpaired) electrons. The average molecular weight is 464 g/mol. The van der Waals surface area contributed by atoms with Crippen molar-refractivity contribution in [3.05, 3.63) is 70.4 Å². The van der Waals surface area contributed by atoms with Crippen LogP contribution in [0.25, 0.3) is 0 Å². The monoisotopic (exact) mass is 463 g/mol. The number of nitro benzene ring substituents is 1. The van der Waals surface area contributed by atoms with Crippen molar-refractivity contribution in [1.29, 1.82) is 0 Å². The lowest BCUT2D eigenvalue weighted by Gasteiger charge is -2.04. The number of non-ortho nitro benzene ring substituents is 1. The second-order valence-electron chi connectivity index (χ2n) is 6.04. The molecule has 1 amide bonds. The van der Waals surface area contributed by atoms with Crippen molar-refractivity contribution in [2.45, 2.75) is 27.3 Å². The summed E-state index contributed by atoms with van der Waals surface area (Å²) in [4.78, 5) is 27.4. The molecular formula is C19H17N3O5S3. The molecule has 3 rings (SSSR count). The van der Waals surface area contributed by atoms with Crippen molar-refractivity contribution < 1.29 is 18.1 Å². The number of hydrogen-bond acceptors (Lipinski definition) is 8. The Hall–Kier alpha value is -2.76. The maximum absolute atomic E-state index is 12.7. The molecule has 8 nitrogen and oxygen atoms in total. The Balaban J connectivity index is 1.67. The molecule has 0 bridgehead atoms. The SMILES string of the molecule is CCSc1ccc(CC(=O)Nc2ncc(S(=O)(=O)c3ccc([N+](=O)[O-])cc3)s2)cc1. The lowest BCUT2D eigenvalue weighted by Crippen LogP contribution is -2.14. The van der Waals surface area contributed by atoms with Gasteiger partial charge < -0.3 is 5.32 Å². The fraction of sp³-hybridized carbons (Fsp3) is 0.158. The van der Waals surface area contributed by atoms with Gasteiger partial charge in [-0.2, -0.15) is 0 Å². The van der Waals surface area contributed by atoms with Gasteiger partial charge in [0.1, 0.15) is 4.21 Å². The first-order valence-electron chi connectivity index (χ1n) is 8.76. The molecule has 0 aliphatic rings. The van der Waals surface area contributed by atoms with E-state index in [9.17, 15) is 23.3 Å². The minimum Gasteiger partial charge on any atom is -0.302 e. The van der Waals surface area contributed by atoms with E-state index < -0.39 is 14.8 Å². The van der Waals surface area contributed by atoms with Gasteiger partial charge in [-0.05, 0) is 35.6 Å². The van der Waals surface area contributed by atoms with Crippen molar-refractivity contribution in [1.82, 2.24) is 4.98 Å². The first-order chi connectivity index (χ1) is 14.3. The molecule has 0 fully saturated rings. The Bertz CT molecular complexity index is 1160. The van der Waals surface area contributed by atoms with E-state index in [0.717, 1.165) is 45.9 Å². The average Bonchev–Trinajstić information content (AvgIpc) is 3.19. The van der Waals surface area contributed by atoms with Crippen molar-refractivity contribution in [3.63, 3.8) is 0 Å². The van der Waals surface area contributed by atoms with E-state index in [0.29, 0.717) is 0 Å². The number of nitro groups is 1. The van der Waals surface area contributed by atoms with Gasteiger partial charge in [0.25, 0.3) is 5.69 Å². The number of nitrogens with zero attached hydrogens (tertiary/aromatic N) is 2. The molecule has 0 atom stereocenters. The van der Waals surface area contributed by atoms with Gasteiger partial charge in [-0.3, -0.25) is 14.9 Å². The molecule has 0 saturated heterocycles. The fourth-order valence-corrected chi connectivity index (χ4v) is 5.63. The molecule has 1 heterocycles. The minimum atomic E-state index is -3.89. The molecule has 1 aromatic heterocycles. The second-order valence-corrected chi connectivity index (χ2v) is 10.6. The summed E-state index contributed by atoms with van der Waals surface area (Å²) >= 11 is 2.54. The number of amides is 1. The predicted octanol–water partition coefficient (Wildman–Crippen LogP) is 4.18. The van der Waals surface area contributed by atoms with E-state index in [1.54, 1.807) is 11.8 Å². The Morgan fingerprint density at radius 2 is 1.83 bits per heavy atom. The number of aromatic nitrogens is 1. The van der Waals surface area contributed by atoms with Gasteiger partial charge in [0.2, 0.25) is 15.7 Å². The second kappa shape index (κ2) is 9.37. The summed E-state index contributed by atoms with van der Waals surface area (Å²) < 4.78 is 25.3. The van der Waals surface area contributed by atoms with Crippen LogP contribution in [0, 0.1) is 10.1 Å². The van der Waals surface area contributed by atoms with Gasteiger partial charge in [0.05, 0.1) is 22.4 Å². The summed E-state index contributed by atoms with van der Waals surface area (Å²) in [6, 6.07) is 12.3. The first kappa shape index (κ1) is 21.9. The molecular weight excluding hydrogens is 446 g/mol. The lowest BCUT2D eigenvalue weighted by atomic mass is 10.1. The van der Waals surface area contributed by atoms with Crippen molar-refractivity contribution in [3.8, 4) is 0 Å². The standard InChI is InChI=1S/C19H17N3O5S3/c1-2-28-15-7-3-13(4-8-15)11-17(23)21-19-20-12-18(29-19)30(26,27)16-9-5-14(6-10-16)22(24)25/h3-10,12H,2,11H2,1H3,(H,20,21,23). The Kier molecular flexibility index (Phi) is 6.85. The highest BCUT2D eigenvalue weighted by Gasteiger charge is 2.22. The topological polar surface area (TPSA) is 119 Å². The predicted molar refractivity (Wildman–Crippen MR) is 116 cm³/mol. The van der Waals surface area contributed by atoms with E-state index in [-0.39, 0.29) is 32.3 Å². The molecule has 2 aromatic carbocycles. The summed E-state index contributed by atoms with van der Waals surface area (Å²) in [5.41, 5.74) is 0.635. The number of carbonyl (C=O) groups excluding carboxylic acids is 1. The maximum atomic E-state index is 12.7. The highest BCUT2D eigenvalue weighted by molar-refractivity contribution is 7.99. The highest BCUT2D eigenvalue weighted by atomic mass is 32.2. The number of sulfone groups is 1. The van der Waals surface area contributed by atoms with Gasteiger partial charge in [0, 0.05) is 17.0 Å². The van der Waals surface area contributed by atoms with Crippen LogP contribution in [0.5, 0.6) is 0 Å². The van der Waals surface area contributed by atoms with E-state index in [4.69, 9.17) is 0 Å². The number of benzene rings is 2. The van der Waals surface area contributed by atoms with Gasteiger partial charge in [-0.15, -0.1) is 11.8 Å². The lowest BCUT2D eigenvalue weighted by molar-refractivity contribution is -0.384. The molecule has 1 N–H and O–H groups in total. The highest BCUT2D eigenvalue weighted by Crippen LogP contribution is 2.29. The largest absolute Gasteiger partial charge is 0.302 e. The minimum absolute atomic E-state index is 0.0624. The third-order valence-corrected chi connectivity index (χ3v) is 7.99. The molecule has 0 aliphatic carbocycles. The third-order valence-electron chi connectivity index (χ3n) is 3.95. The van der Waals surface area contributed by atoms with Crippen LogP contribution in [-0.4, -0.2) is 30.0 Å². The Labute approximate surface area is 181 Å². The first-order valence-corrected chi connectivity index (χ1v) is 12.0. The van der Waals surface area contributed by atoms with Gasteiger partial charge in [0.15, 0.2) is 5.13 Å². The van der Waals surface area contributed by atoms with Crippen LogP contribution in [0.15, 0.2) is 68.7 Å². The smallest absolute Gasteiger partial charge is 0.269 e. The zero-order valence-corrected chi connectivity index (χ0v) is 18.2. The third kappa shape index (κ3) is 5.23. The van der Waals surface area contributed by atoms with Crippen LogP contribution in [-0.2, 0) is 21.1 Å². The fourth-order valence-electron chi connectivity index (χ4n) is 2.52. The zero-order chi connectivity index (χ0) is 21.7. The summed E-state index contributed by atoms with van der Waals surface area (Å²) in [5.74, 6) is 0.661. The molecule has 156 valence electrons. The summed E-state index contributed by atoms with van der Waals surface area (Å²) in [6.07, 6.45) is 1.30. The number of carbonyl (C=O) groups is 1. The van der Waals surface area contributed by atoms with E-state index in [2.05, 4.69) is 17.2 Å². The molecule has 0 spiro atoms. The van der Waals surface area contributed by atoms with Crippen LogP contribution >= 0.6 is 23.1 Å². The summed E-state index contributed by atoms with van der Waals surface area (Å²) in [6.45, 7) is 2.07. The number of nitrogens with one attached hydrogen (secondary N) is 1. The van der Waals surface area contributed by atoms with Crippen LogP contribution in [0.2, 0.25) is 0 Å². The molecule has 0 unspecified atom stereocenters. The Morgan fingerprint density at radius 1 is 1.17 bits per heavy atom. The van der Waals surface area contributed by atoms with Gasteiger partial charge in [-0.25, -0.2) is 13.4 Å². The molecule has 30 heavy (non-hydrogen) atoms. The number of hydrogen-bond donors (Lipinski definition) is 1. The molecule has 11 heteroatoms. The van der Waals surface area contributed by atoms with Crippen LogP contribution in [0.3, 0.4) is 0 Å². The Morgan fingerprint density at radius 3 is 2.43 bits per heavy atom. The summed E-state index contributed by atoms with van der Waals surface area (Å²) in [5, 5.41) is 13.5. The molecule has 0 saturated carbocycles. The van der Waals surface area contributed by atoms with Gasteiger partial charge >= 0.3 is 0 Å². The molecule has 0 aliphatic heterocycles. The van der Waals surface area contributed by atoms with E-state index >= 15 is 0 Å². The van der Waals surface area contributed by atoms with E-state index in [1.807, 2.05) is 24.3 Å². The zero-order valence-electron chi connectivity index (χ0n) is 15.8.